The Morgan fingerprint density at radius 3 is 3.00 bits per heavy atom. The first-order valence-electron chi connectivity index (χ1n) is 6.37. The number of halogens is 2. The number of anilines is 1. The normalized spacial score (nSPS) is 10.7. The van der Waals surface area contributed by atoms with Crippen LogP contribution in [-0.4, -0.2) is 37.8 Å². The first-order valence-corrected chi connectivity index (χ1v) is 7.63. The summed E-state index contributed by atoms with van der Waals surface area (Å²) in [6, 6.07) is 4.08. The van der Waals surface area contributed by atoms with Crippen LogP contribution in [0.25, 0.3) is 11.3 Å². The van der Waals surface area contributed by atoms with Gasteiger partial charge in [0.05, 0.1) is 23.9 Å². The summed E-state index contributed by atoms with van der Waals surface area (Å²) in [7, 11) is 1.56. The maximum Gasteiger partial charge on any atom is 0.252 e. The summed E-state index contributed by atoms with van der Waals surface area (Å²) in [5.74, 6) is -0.715. The number of methoxy groups -OCH3 is 1. The van der Waals surface area contributed by atoms with Gasteiger partial charge in [-0.15, -0.1) is 11.3 Å². The van der Waals surface area contributed by atoms with Gasteiger partial charge in [0.15, 0.2) is 5.13 Å². The highest BCUT2D eigenvalue weighted by molar-refractivity contribution is 7.14. The van der Waals surface area contributed by atoms with Crippen molar-refractivity contribution < 1.29 is 18.7 Å². The van der Waals surface area contributed by atoms with Crippen LogP contribution in [0.1, 0.15) is 0 Å². The predicted molar refractivity (Wildman–Crippen MR) is 83.8 cm³/mol. The molecule has 0 aliphatic carbocycles. The lowest BCUT2D eigenvalue weighted by atomic mass is 10.2. The number of hydrogen-bond acceptors (Lipinski definition) is 5. The fraction of sp³-hybridized carbons (Fsp3) is 0.286. The van der Waals surface area contributed by atoms with Crippen LogP contribution in [0.2, 0.25) is 5.02 Å². The first-order chi connectivity index (χ1) is 10.6. The van der Waals surface area contributed by atoms with Gasteiger partial charge in [0.2, 0.25) is 0 Å². The summed E-state index contributed by atoms with van der Waals surface area (Å²) in [5, 5.41) is 5.06. The third kappa shape index (κ3) is 4.74. The lowest BCUT2D eigenvalue weighted by Gasteiger charge is -2.03. The van der Waals surface area contributed by atoms with Crippen LogP contribution in [0, 0.1) is 5.82 Å². The number of carbonyl (C=O) groups excluding carboxylic acids is 1. The number of aromatic nitrogens is 1. The molecule has 5 nitrogen and oxygen atoms in total. The molecule has 0 unspecified atom stereocenters. The molecule has 0 aliphatic rings. The summed E-state index contributed by atoms with van der Waals surface area (Å²) in [4.78, 5) is 15.9. The second-order valence-electron chi connectivity index (χ2n) is 4.26. The van der Waals surface area contributed by atoms with E-state index in [9.17, 15) is 9.18 Å². The molecule has 0 atom stereocenters. The average Bonchev–Trinajstić information content (AvgIpc) is 2.92. The molecule has 0 spiro atoms. The van der Waals surface area contributed by atoms with Crippen molar-refractivity contribution in [3.63, 3.8) is 0 Å². The molecule has 0 radical (unpaired) electrons. The zero-order chi connectivity index (χ0) is 15.9. The van der Waals surface area contributed by atoms with E-state index in [1.807, 2.05) is 0 Å². The number of amides is 1. The monoisotopic (exact) mass is 344 g/mol. The Balaban J connectivity index is 1.95. The second-order valence-corrected chi connectivity index (χ2v) is 5.52. The number of rotatable bonds is 7. The molecule has 0 fully saturated rings. The number of thiazole rings is 1. The average molecular weight is 345 g/mol. The van der Waals surface area contributed by atoms with Gasteiger partial charge in [-0.25, -0.2) is 9.37 Å². The fourth-order valence-electron chi connectivity index (χ4n) is 1.61. The van der Waals surface area contributed by atoms with Gasteiger partial charge in [-0.05, 0) is 18.2 Å². The lowest BCUT2D eigenvalue weighted by Crippen LogP contribution is -2.19. The number of benzene rings is 1. The molecule has 0 saturated heterocycles. The van der Waals surface area contributed by atoms with Crippen molar-refractivity contribution in [1.29, 1.82) is 0 Å². The maximum atomic E-state index is 13.0. The van der Waals surface area contributed by atoms with Crippen molar-refractivity contribution in [2.45, 2.75) is 0 Å². The molecule has 2 rings (SSSR count). The number of nitrogens with one attached hydrogen (secondary N) is 1. The van der Waals surface area contributed by atoms with Gasteiger partial charge in [-0.1, -0.05) is 11.6 Å². The Bertz CT molecular complexity index is 651. The third-order valence-electron chi connectivity index (χ3n) is 2.62. The summed E-state index contributed by atoms with van der Waals surface area (Å²) >= 11 is 7.24. The second kappa shape index (κ2) is 8.19. The minimum atomic E-state index is -0.411. The maximum absolute atomic E-state index is 13.0. The molecule has 118 valence electrons. The van der Waals surface area contributed by atoms with E-state index in [0.29, 0.717) is 29.6 Å². The van der Waals surface area contributed by atoms with Crippen LogP contribution < -0.4 is 5.32 Å². The van der Waals surface area contributed by atoms with E-state index >= 15 is 0 Å². The highest BCUT2D eigenvalue weighted by Crippen LogP contribution is 2.30. The lowest BCUT2D eigenvalue weighted by molar-refractivity contribution is -0.121. The van der Waals surface area contributed by atoms with Crippen molar-refractivity contribution in [2.24, 2.45) is 0 Å². The molecule has 8 heteroatoms. The zero-order valence-electron chi connectivity index (χ0n) is 11.8. The Labute approximate surface area is 136 Å². The first kappa shape index (κ1) is 16.8. The van der Waals surface area contributed by atoms with Crippen molar-refractivity contribution in [2.75, 3.05) is 32.2 Å². The summed E-state index contributed by atoms with van der Waals surface area (Å²) in [6.07, 6.45) is 0. The van der Waals surface area contributed by atoms with E-state index in [-0.39, 0.29) is 17.5 Å². The molecule has 1 amide bonds. The number of carbonyl (C=O) groups is 1. The molecule has 0 bridgehead atoms. The quantitative estimate of drug-likeness (QED) is 0.783. The van der Waals surface area contributed by atoms with Gasteiger partial charge in [0, 0.05) is 18.1 Å². The molecule has 1 N–H and O–H groups in total. The highest BCUT2D eigenvalue weighted by Gasteiger charge is 2.11. The van der Waals surface area contributed by atoms with E-state index < -0.39 is 5.82 Å². The molecule has 1 aromatic heterocycles. The fourth-order valence-corrected chi connectivity index (χ4v) is 2.61. The van der Waals surface area contributed by atoms with Gasteiger partial charge in [-0.3, -0.25) is 10.1 Å². The molecular formula is C14H14ClFN2O3S. The van der Waals surface area contributed by atoms with E-state index in [1.165, 1.54) is 23.5 Å². The van der Waals surface area contributed by atoms with Crippen LogP contribution in [0.4, 0.5) is 9.52 Å². The SMILES string of the molecule is COCCOCC(=O)Nc1nc(-c2ccc(F)cc2Cl)cs1. The zero-order valence-corrected chi connectivity index (χ0v) is 13.3. The van der Waals surface area contributed by atoms with Gasteiger partial charge < -0.3 is 9.47 Å². The Hall–Kier alpha value is -1.54. The minimum Gasteiger partial charge on any atom is -0.382 e. The number of hydrogen-bond donors (Lipinski definition) is 1. The molecule has 2 aromatic rings. The van der Waals surface area contributed by atoms with Crippen LogP contribution >= 0.6 is 22.9 Å². The molecule has 1 heterocycles. The molecule has 1 aromatic carbocycles. The van der Waals surface area contributed by atoms with Crippen LogP contribution in [0.5, 0.6) is 0 Å². The predicted octanol–water partition coefficient (Wildman–Crippen LogP) is 3.20. The standard InChI is InChI=1S/C14H14ClFN2O3S/c1-20-4-5-21-7-13(19)18-14-17-12(8-22-14)10-3-2-9(16)6-11(10)15/h2-3,6,8H,4-5,7H2,1H3,(H,17,18,19). The van der Waals surface area contributed by atoms with Crippen molar-refractivity contribution in [3.05, 3.63) is 34.4 Å². The molecular weight excluding hydrogens is 331 g/mol. The van der Waals surface area contributed by atoms with Crippen molar-refractivity contribution >= 4 is 34.0 Å². The number of nitrogens with zero attached hydrogens (tertiary/aromatic N) is 1. The van der Waals surface area contributed by atoms with Gasteiger partial charge in [0.1, 0.15) is 12.4 Å². The molecule has 0 aliphatic heterocycles. The van der Waals surface area contributed by atoms with E-state index in [2.05, 4.69) is 10.3 Å². The van der Waals surface area contributed by atoms with Crippen LogP contribution in [0.3, 0.4) is 0 Å². The smallest absolute Gasteiger partial charge is 0.252 e. The van der Waals surface area contributed by atoms with Crippen molar-refractivity contribution in [1.82, 2.24) is 4.98 Å². The van der Waals surface area contributed by atoms with E-state index in [4.69, 9.17) is 21.1 Å². The minimum absolute atomic E-state index is 0.0738. The van der Waals surface area contributed by atoms with Crippen LogP contribution in [-0.2, 0) is 14.3 Å². The third-order valence-corrected chi connectivity index (χ3v) is 3.69. The van der Waals surface area contributed by atoms with Gasteiger partial charge >= 0.3 is 0 Å². The van der Waals surface area contributed by atoms with Gasteiger partial charge in [-0.2, -0.15) is 0 Å². The Morgan fingerprint density at radius 1 is 1.45 bits per heavy atom. The summed E-state index contributed by atoms with van der Waals surface area (Å²) < 4.78 is 22.9. The topological polar surface area (TPSA) is 60.5 Å². The summed E-state index contributed by atoms with van der Waals surface area (Å²) in [5.41, 5.74) is 1.18. The van der Waals surface area contributed by atoms with Gasteiger partial charge in [0.25, 0.3) is 5.91 Å². The largest absolute Gasteiger partial charge is 0.382 e. The van der Waals surface area contributed by atoms with Crippen molar-refractivity contribution in [3.8, 4) is 11.3 Å². The molecule has 0 saturated carbocycles. The van der Waals surface area contributed by atoms with E-state index in [0.717, 1.165) is 0 Å². The summed E-state index contributed by atoms with van der Waals surface area (Å²) in [6.45, 7) is 0.700. The Kier molecular flexibility index (Phi) is 6.26. The Morgan fingerprint density at radius 2 is 2.27 bits per heavy atom. The number of ether oxygens (including phenoxy) is 2. The van der Waals surface area contributed by atoms with Crippen LogP contribution in [0.15, 0.2) is 23.6 Å². The highest BCUT2D eigenvalue weighted by atomic mass is 35.5. The van der Waals surface area contributed by atoms with E-state index in [1.54, 1.807) is 18.6 Å². The molecule has 22 heavy (non-hydrogen) atoms.